The molecular formula is C17H19N5. The first-order chi connectivity index (χ1) is 10.7. The van der Waals surface area contributed by atoms with Crippen molar-refractivity contribution in [3.05, 3.63) is 47.3 Å². The predicted molar refractivity (Wildman–Crippen MR) is 85.7 cm³/mol. The van der Waals surface area contributed by atoms with Gasteiger partial charge in [0.05, 0.1) is 11.7 Å². The number of nitrogens with zero attached hydrogens (tertiary/aromatic N) is 4. The van der Waals surface area contributed by atoms with Gasteiger partial charge in [-0.1, -0.05) is 12.1 Å². The number of aromatic nitrogens is 4. The number of hydrogen-bond donors (Lipinski definition) is 1. The molecule has 22 heavy (non-hydrogen) atoms. The Labute approximate surface area is 129 Å². The van der Waals surface area contributed by atoms with Gasteiger partial charge in [-0.05, 0) is 62.6 Å². The second-order valence-corrected chi connectivity index (χ2v) is 5.99. The Morgan fingerprint density at radius 2 is 2.00 bits per heavy atom. The predicted octanol–water partition coefficient (Wildman–Crippen LogP) is 2.83. The third kappa shape index (κ3) is 2.18. The second-order valence-electron chi connectivity index (χ2n) is 5.99. The lowest BCUT2D eigenvalue weighted by molar-refractivity contribution is 0.585. The largest absolute Gasteiger partial charge is 0.307 e. The monoisotopic (exact) mass is 293 g/mol. The van der Waals surface area contributed by atoms with Gasteiger partial charge in [0, 0.05) is 5.56 Å². The van der Waals surface area contributed by atoms with Crippen molar-refractivity contribution in [3.63, 3.8) is 0 Å². The van der Waals surface area contributed by atoms with Gasteiger partial charge >= 0.3 is 0 Å². The molecule has 5 nitrogen and oxygen atoms in total. The Bertz CT molecular complexity index is 830. The molecule has 3 aromatic rings. The molecule has 0 aliphatic carbocycles. The smallest absolute Gasteiger partial charge is 0.178 e. The van der Waals surface area contributed by atoms with Crippen molar-refractivity contribution in [2.45, 2.75) is 32.7 Å². The molecule has 1 N–H and O–H groups in total. The zero-order chi connectivity index (χ0) is 15.1. The van der Waals surface area contributed by atoms with E-state index in [2.05, 4.69) is 47.6 Å². The lowest BCUT2D eigenvalue weighted by Crippen LogP contribution is -2.16. The molecule has 0 spiro atoms. The van der Waals surface area contributed by atoms with Crippen molar-refractivity contribution in [2.24, 2.45) is 0 Å². The third-order valence-corrected chi connectivity index (χ3v) is 4.46. The number of aryl methyl sites for hydroxylation is 2. The van der Waals surface area contributed by atoms with Gasteiger partial charge in [-0.15, -0.1) is 10.2 Å². The van der Waals surface area contributed by atoms with Crippen molar-refractivity contribution >= 4 is 5.65 Å². The number of benzene rings is 1. The highest BCUT2D eigenvalue weighted by molar-refractivity contribution is 5.61. The van der Waals surface area contributed by atoms with Crippen molar-refractivity contribution in [3.8, 4) is 11.3 Å². The van der Waals surface area contributed by atoms with E-state index >= 15 is 0 Å². The SMILES string of the molecule is Cc1ccc(-c2ccc3nnc([C@@H]4CCCN4)n3n2)cc1C. The molecule has 3 heterocycles. The van der Waals surface area contributed by atoms with Gasteiger partial charge < -0.3 is 5.32 Å². The Balaban J connectivity index is 1.81. The van der Waals surface area contributed by atoms with E-state index in [1.165, 1.54) is 17.5 Å². The molecule has 0 saturated carbocycles. The molecule has 1 fully saturated rings. The number of rotatable bonds is 2. The lowest BCUT2D eigenvalue weighted by atomic mass is 10.0. The Kier molecular flexibility index (Phi) is 3.15. The Hall–Kier alpha value is -2.27. The molecule has 5 heteroatoms. The van der Waals surface area contributed by atoms with Crippen LogP contribution in [0.15, 0.2) is 30.3 Å². The summed E-state index contributed by atoms with van der Waals surface area (Å²) >= 11 is 0. The van der Waals surface area contributed by atoms with Crippen LogP contribution in [0.4, 0.5) is 0 Å². The van der Waals surface area contributed by atoms with Crippen LogP contribution in [0.2, 0.25) is 0 Å². The average molecular weight is 293 g/mol. The minimum absolute atomic E-state index is 0.262. The maximum absolute atomic E-state index is 4.77. The van der Waals surface area contributed by atoms with Crippen LogP contribution in [0.25, 0.3) is 16.9 Å². The topological polar surface area (TPSA) is 55.1 Å². The summed E-state index contributed by atoms with van der Waals surface area (Å²) in [6.45, 7) is 5.29. The molecular weight excluding hydrogens is 274 g/mol. The van der Waals surface area contributed by atoms with Gasteiger partial charge in [0.2, 0.25) is 0 Å². The van der Waals surface area contributed by atoms with E-state index in [1.807, 2.05) is 16.6 Å². The van der Waals surface area contributed by atoms with Crippen LogP contribution in [0, 0.1) is 13.8 Å². The first-order valence-corrected chi connectivity index (χ1v) is 7.76. The molecule has 4 rings (SSSR count). The van der Waals surface area contributed by atoms with E-state index in [0.29, 0.717) is 0 Å². The molecule has 1 atom stereocenters. The molecule has 0 unspecified atom stereocenters. The first-order valence-electron chi connectivity index (χ1n) is 7.76. The molecule has 0 radical (unpaired) electrons. The van der Waals surface area contributed by atoms with Gasteiger partial charge in [-0.3, -0.25) is 0 Å². The number of nitrogens with one attached hydrogen (secondary N) is 1. The summed E-state index contributed by atoms with van der Waals surface area (Å²) in [5, 5.41) is 16.8. The maximum Gasteiger partial charge on any atom is 0.178 e. The first kappa shape index (κ1) is 13.4. The van der Waals surface area contributed by atoms with Gasteiger partial charge in [-0.2, -0.15) is 9.61 Å². The van der Waals surface area contributed by atoms with Gasteiger partial charge in [0.15, 0.2) is 11.5 Å². The summed E-state index contributed by atoms with van der Waals surface area (Å²) in [6, 6.07) is 10.7. The fourth-order valence-corrected chi connectivity index (χ4v) is 2.98. The van der Waals surface area contributed by atoms with Crippen LogP contribution in [-0.2, 0) is 0 Å². The zero-order valence-electron chi connectivity index (χ0n) is 12.9. The van der Waals surface area contributed by atoms with Crippen LogP contribution < -0.4 is 5.32 Å². The molecule has 2 aromatic heterocycles. The maximum atomic E-state index is 4.77. The molecule has 112 valence electrons. The Morgan fingerprint density at radius 3 is 2.77 bits per heavy atom. The van der Waals surface area contributed by atoms with Crippen LogP contribution in [0.1, 0.15) is 35.8 Å². The van der Waals surface area contributed by atoms with Crippen LogP contribution in [-0.4, -0.2) is 26.4 Å². The van der Waals surface area contributed by atoms with Crippen LogP contribution in [0.3, 0.4) is 0 Å². The van der Waals surface area contributed by atoms with E-state index in [-0.39, 0.29) is 6.04 Å². The number of fused-ring (bicyclic) bond motifs is 1. The summed E-state index contributed by atoms with van der Waals surface area (Å²) in [5.74, 6) is 0.915. The quantitative estimate of drug-likeness (QED) is 0.789. The van der Waals surface area contributed by atoms with E-state index in [9.17, 15) is 0 Å². The van der Waals surface area contributed by atoms with E-state index in [0.717, 1.165) is 35.7 Å². The molecule has 1 saturated heterocycles. The average Bonchev–Trinajstić information content (AvgIpc) is 3.17. The molecule has 1 aliphatic rings. The second kappa shape index (κ2) is 5.18. The van der Waals surface area contributed by atoms with Crippen molar-refractivity contribution in [1.82, 2.24) is 25.1 Å². The van der Waals surface area contributed by atoms with Crippen LogP contribution >= 0.6 is 0 Å². The zero-order valence-corrected chi connectivity index (χ0v) is 12.9. The van der Waals surface area contributed by atoms with Crippen molar-refractivity contribution in [2.75, 3.05) is 6.54 Å². The van der Waals surface area contributed by atoms with Crippen molar-refractivity contribution < 1.29 is 0 Å². The van der Waals surface area contributed by atoms with E-state index in [4.69, 9.17) is 5.10 Å². The highest BCUT2D eigenvalue weighted by Crippen LogP contribution is 2.24. The van der Waals surface area contributed by atoms with Gasteiger partial charge in [0.25, 0.3) is 0 Å². The summed E-state index contributed by atoms with van der Waals surface area (Å²) in [7, 11) is 0. The molecule has 0 amide bonds. The molecule has 1 aromatic carbocycles. The van der Waals surface area contributed by atoms with Gasteiger partial charge in [0.1, 0.15) is 0 Å². The minimum atomic E-state index is 0.262. The summed E-state index contributed by atoms with van der Waals surface area (Å²) in [5.41, 5.74) is 5.46. The highest BCUT2D eigenvalue weighted by atomic mass is 15.4. The fourth-order valence-electron chi connectivity index (χ4n) is 2.98. The van der Waals surface area contributed by atoms with Crippen molar-refractivity contribution in [1.29, 1.82) is 0 Å². The standard InChI is InChI=1S/C17H19N5/c1-11-5-6-13(10-12(11)2)14-7-8-16-19-20-17(22(16)21-14)15-4-3-9-18-15/h5-8,10,15,18H,3-4,9H2,1-2H3/t15-/m0/s1. The molecule has 0 bridgehead atoms. The molecule has 1 aliphatic heterocycles. The third-order valence-electron chi connectivity index (χ3n) is 4.46. The number of hydrogen-bond acceptors (Lipinski definition) is 4. The fraction of sp³-hybridized carbons (Fsp3) is 0.353. The normalized spacial score (nSPS) is 18.2. The lowest BCUT2D eigenvalue weighted by Gasteiger charge is -2.09. The van der Waals surface area contributed by atoms with Gasteiger partial charge in [-0.25, -0.2) is 0 Å². The highest BCUT2D eigenvalue weighted by Gasteiger charge is 2.22. The van der Waals surface area contributed by atoms with E-state index in [1.54, 1.807) is 0 Å². The Morgan fingerprint density at radius 1 is 1.09 bits per heavy atom. The summed E-state index contributed by atoms with van der Waals surface area (Å²) < 4.78 is 1.88. The summed E-state index contributed by atoms with van der Waals surface area (Å²) in [4.78, 5) is 0. The minimum Gasteiger partial charge on any atom is -0.307 e. The summed E-state index contributed by atoms with van der Waals surface area (Å²) in [6.07, 6.45) is 2.27. The van der Waals surface area contributed by atoms with Crippen LogP contribution in [0.5, 0.6) is 0 Å². The van der Waals surface area contributed by atoms with E-state index < -0.39 is 0 Å².